The molecule has 18 heavy (non-hydrogen) atoms. The van der Waals surface area contributed by atoms with E-state index in [2.05, 4.69) is 15.3 Å². The predicted octanol–water partition coefficient (Wildman–Crippen LogP) is 2.03. The molecule has 1 aromatic heterocycles. The van der Waals surface area contributed by atoms with Crippen molar-refractivity contribution in [1.82, 2.24) is 9.97 Å². The summed E-state index contributed by atoms with van der Waals surface area (Å²) in [5, 5.41) is 11.4. The van der Waals surface area contributed by atoms with E-state index in [0.717, 1.165) is 11.1 Å². The maximum Gasteiger partial charge on any atom is 0.305 e. The van der Waals surface area contributed by atoms with E-state index in [4.69, 9.17) is 5.11 Å². The topological polar surface area (TPSA) is 75.1 Å². The van der Waals surface area contributed by atoms with E-state index in [9.17, 15) is 4.79 Å². The van der Waals surface area contributed by atoms with Gasteiger partial charge in [-0.1, -0.05) is 30.3 Å². The van der Waals surface area contributed by atoms with Gasteiger partial charge in [0, 0.05) is 24.5 Å². The summed E-state index contributed by atoms with van der Waals surface area (Å²) in [4.78, 5) is 18.6. The summed E-state index contributed by atoms with van der Waals surface area (Å²) in [6, 6.07) is 9.82. The van der Waals surface area contributed by atoms with Gasteiger partial charge in [0.05, 0.1) is 6.42 Å². The minimum atomic E-state index is -0.844. The van der Waals surface area contributed by atoms with E-state index in [-0.39, 0.29) is 6.42 Å². The maximum atomic E-state index is 10.3. The monoisotopic (exact) mass is 243 g/mol. The quantitative estimate of drug-likeness (QED) is 0.840. The van der Waals surface area contributed by atoms with E-state index < -0.39 is 5.97 Å². The molecular weight excluding hydrogens is 230 g/mol. The number of anilines is 1. The molecule has 0 saturated heterocycles. The minimum Gasteiger partial charge on any atom is -0.481 e. The number of carbonyl (C=O) groups is 1. The van der Waals surface area contributed by atoms with Crippen molar-refractivity contribution < 1.29 is 9.90 Å². The van der Waals surface area contributed by atoms with Gasteiger partial charge in [-0.2, -0.15) is 0 Å². The molecule has 1 aromatic carbocycles. The Morgan fingerprint density at radius 2 is 1.78 bits per heavy atom. The van der Waals surface area contributed by atoms with Gasteiger partial charge in [0.2, 0.25) is 5.95 Å². The third-order valence-corrected chi connectivity index (χ3v) is 2.38. The molecule has 0 spiro atoms. The number of nitrogens with one attached hydrogen (secondary N) is 1. The number of nitrogens with zero attached hydrogens (tertiary/aromatic N) is 2. The summed E-state index contributed by atoms with van der Waals surface area (Å²) in [6.45, 7) is 0.319. The molecule has 0 radical (unpaired) electrons. The van der Waals surface area contributed by atoms with Gasteiger partial charge in [0.15, 0.2) is 0 Å². The Hall–Kier alpha value is -2.43. The average molecular weight is 243 g/mol. The van der Waals surface area contributed by atoms with Crippen LogP contribution < -0.4 is 5.32 Å². The van der Waals surface area contributed by atoms with Crippen LogP contribution in [0.1, 0.15) is 6.42 Å². The fraction of sp³-hybridized carbons (Fsp3) is 0.154. The van der Waals surface area contributed by atoms with Crippen molar-refractivity contribution >= 4 is 11.9 Å². The number of hydrogen-bond donors (Lipinski definition) is 2. The third-order valence-electron chi connectivity index (χ3n) is 2.38. The van der Waals surface area contributed by atoms with Gasteiger partial charge in [-0.05, 0) is 5.56 Å². The largest absolute Gasteiger partial charge is 0.481 e. The molecule has 0 atom stereocenters. The second kappa shape index (κ2) is 5.77. The number of benzene rings is 1. The Labute approximate surface area is 105 Å². The fourth-order valence-electron chi connectivity index (χ4n) is 1.48. The van der Waals surface area contributed by atoms with Crippen LogP contribution in [-0.2, 0) is 4.79 Å². The molecule has 0 aliphatic heterocycles. The van der Waals surface area contributed by atoms with Crippen LogP contribution in [0, 0.1) is 0 Å². The molecule has 1 heterocycles. The lowest BCUT2D eigenvalue weighted by atomic mass is 10.1. The highest BCUT2D eigenvalue weighted by molar-refractivity contribution is 5.67. The summed E-state index contributed by atoms with van der Waals surface area (Å²) >= 11 is 0. The zero-order chi connectivity index (χ0) is 12.8. The first-order valence-electron chi connectivity index (χ1n) is 5.59. The van der Waals surface area contributed by atoms with Crippen LogP contribution in [0.15, 0.2) is 42.7 Å². The number of aromatic nitrogens is 2. The number of rotatable bonds is 5. The van der Waals surface area contributed by atoms with Crippen molar-refractivity contribution in [1.29, 1.82) is 0 Å². The third kappa shape index (κ3) is 3.28. The number of carboxylic acid groups (broad SMARTS) is 1. The first-order valence-corrected chi connectivity index (χ1v) is 5.59. The highest BCUT2D eigenvalue weighted by Gasteiger charge is 2.01. The molecule has 0 aliphatic carbocycles. The lowest BCUT2D eigenvalue weighted by molar-refractivity contribution is -0.136. The van der Waals surface area contributed by atoms with Crippen molar-refractivity contribution in [2.75, 3.05) is 11.9 Å². The molecule has 2 rings (SSSR count). The van der Waals surface area contributed by atoms with E-state index in [1.807, 2.05) is 30.3 Å². The van der Waals surface area contributed by atoms with Crippen LogP contribution >= 0.6 is 0 Å². The standard InChI is InChI=1S/C13H13N3O2/c17-12(18)6-7-14-13-15-8-11(9-16-13)10-4-2-1-3-5-10/h1-5,8-9H,6-7H2,(H,17,18)(H,14,15,16). The molecule has 2 N–H and O–H groups in total. The molecular formula is C13H13N3O2. The van der Waals surface area contributed by atoms with Crippen LogP contribution in [0.4, 0.5) is 5.95 Å². The second-order valence-electron chi connectivity index (χ2n) is 3.73. The molecule has 5 nitrogen and oxygen atoms in total. The van der Waals surface area contributed by atoms with Gasteiger partial charge in [-0.3, -0.25) is 4.79 Å². The zero-order valence-electron chi connectivity index (χ0n) is 9.71. The van der Waals surface area contributed by atoms with Gasteiger partial charge >= 0.3 is 5.97 Å². The Kier molecular flexibility index (Phi) is 3.86. The molecule has 0 amide bonds. The van der Waals surface area contributed by atoms with E-state index in [1.54, 1.807) is 12.4 Å². The van der Waals surface area contributed by atoms with Gasteiger partial charge in [0.25, 0.3) is 0 Å². The van der Waals surface area contributed by atoms with Crippen molar-refractivity contribution in [2.24, 2.45) is 0 Å². The SMILES string of the molecule is O=C(O)CCNc1ncc(-c2ccccc2)cn1. The van der Waals surface area contributed by atoms with Crippen LogP contribution in [0.2, 0.25) is 0 Å². The fourth-order valence-corrected chi connectivity index (χ4v) is 1.48. The molecule has 2 aromatic rings. The van der Waals surface area contributed by atoms with Gasteiger partial charge in [0.1, 0.15) is 0 Å². The molecule has 0 unspecified atom stereocenters. The smallest absolute Gasteiger partial charge is 0.305 e. The molecule has 0 fully saturated rings. The molecule has 5 heteroatoms. The zero-order valence-corrected chi connectivity index (χ0v) is 9.71. The Bertz CT molecular complexity index is 512. The van der Waals surface area contributed by atoms with Crippen LogP contribution in [0.3, 0.4) is 0 Å². The van der Waals surface area contributed by atoms with Crippen molar-refractivity contribution in [3.8, 4) is 11.1 Å². The Morgan fingerprint density at radius 1 is 1.11 bits per heavy atom. The Morgan fingerprint density at radius 3 is 2.39 bits per heavy atom. The van der Waals surface area contributed by atoms with Gasteiger partial charge in [-0.15, -0.1) is 0 Å². The van der Waals surface area contributed by atoms with Crippen LogP contribution in [0.25, 0.3) is 11.1 Å². The lowest BCUT2D eigenvalue weighted by Gasteiger charge is -2.04. The molecule has 92 valence electrons. The van der Waals surface area contributed by atoms with Gasteiger partial charge in [-0.25, -0.2) is 9.97 Å². The highest BCUT2D eigenvalue weighted by Crippen LogP contribution is 2.16. The maximum absolute atomic E-state index is 10.3. The number of hydrogen-bond acceptors (Lipinski definition) is 4. The van der Waals surface area contributed by atoms with Crippen molar-refractivity contribution in [3.63, 3.8) is 0 Å². The van der Waals surface area contributed by atoms with E-state index in [0.29, 0.717) is 12.5 Å². The van der Waals surface area contributed by atoms with Crippen LogP contribution in [-0.4, -0.2) is 27.6 Å². The molecule has 0 bridgehead atoms. The van der Waals surface area contributed by atoms with Crippen molar-refractivity contribution in [2.45, 2.75) is 6.42 Å². The minimum absolute atomic E-state index is 0.0454. The number of carboxylic acids is 1. The average Bonchev–Trinajstić information content (AvgIpc) is 2.40. The van der Waals surface area contributed by atoms with E-state index in [1.165, 1.54) is 0 Å². The first kappa shape index (κ1) is 12.0. The van der Waals surface area contributed by atoms with Crippen LogP contribution in [0.5, 0.6) is 0 Å². The summed E-state index contributed by atoms with van der Waals surface area (Å²) in [7, 11) is 0. The highest BCUT2D eigenvalue weighted by atomic mass is 16.4. The van der Waals surface area contributed by atoms with Crippen molar-refractivity contribution in [3.05, 3.63) is 42.7 Å². The summed E-state index contributed by atoms with van der Waals surface area (Å²) in [5.41, 5.74) is 1.98. The normalized spacial score (nSPS) is 10.0. The van der Waals surface area contributed by atoms with E-state index >= 15 is 0 Å². The second-order valence-corrected chi connectivity index (χ2v) is 3.73. The first-order chi connectivity index (χ1) is 8.75. The lowest BCUT2D eigenvalue weighted by Crippen LogP contribution is -2.09. The van der Waals surface area contributed by atoms with Gasteiger partial charge < -0.3 is 10.4 Å². The Balaban J connectivity index is 2.00. The number of aliphatic carboxylic acids is 1. The summed E-state index contributed by atoms with van der Waals surface area (Å²) < 4.78 is 0. The summed E-state index contributed by atoms with van der Waals surface area (Å²) in [5.74, 6) is -0.403. The molecule has 0 saturated carbocycles. The predicted molar refractivity (Wildman–Crippen MR) is 68.2 cm³/mol. The molecule has 0 aliphatic rings. The summed E-state index contributed by atoms with van der Waals surface area (Å²) in [6.07, 6.45) is 3.47.